The van der Waals surface area contributed by atoms with Crippen molar-refractivity contribution in [3.05, 3.63) is 58.7 Å². The molecule has 1 heterocycles. The number of benzene rings is 2. The molecule has 0 bridgehead atoms. The van der Waals surface area contributed by atoms with Crippen molar-refractivity contribution in [3.63, 3.8) is 0 Å². The van der Waals surface area contributed by atoms with E-state index in [2.05, 4.69) is 0 Å². The zero-order chi connectivity index (χ0) is 27.5. The van der Waals surface area contributed by atoms with Gasteiger partial charge in [-0.2, -0.15) is 0 Å². The maximum absolute atomic E-state index is 18.4. The molecular weight excluding hydrogens is 524 g/mol. The van der Waals surface area contributed by atoms with Crippen LogP contribution in [0.3, 0.4) is 0 Å². The summed E-state index contributed by atoms with van der Waals surface area (Å²) in [4.78, 5) is 0. The number of hydrogen-bond acceptors (Lipinski definition) is 2. The normalized spacial score (nSPS) is 20.0. The molecule has 0 saturated carbocycles. The monoisotopic (exact) mass is 556 g/mol. The average molecular weight is 557 g/mol. The van der Waals surface area contributed by atoms with E-state index in [0.717, 1.165) is 17.7 Å². The summed E-state index contributed by atoms with van der Waals surface area (Å²) in [6.07, 6.45) is -18.0. The van der Waals surface area contributed by atoms with Crippen molar-refractivity contribution in [2.75, 3.05) is 5.75 Å². The van der Waals surface area contributed by atoms with Crippen LogP contribution in [0, 0.1) is 0 Å². The molecular formula is C26H32F7OPS. The Hall–Kier alpha value is -1.31. The molecule has 0 atom stereocenters. The Morgan fingerprint density at radius 1 is 0.833 bits per heavy atom. The Morgan fingerprint density at radius 3 is 1.69 bits per heavy atom. The molecule has 0 spiro atoms. The standard InChI is InChI=1S/C26H32F7OPS/c1-8-36-35(33,23-19(16(4)5)13-18(15(2)3)14-20(23)17(6)7)22-12-10-9-11-21(22)24(34-35,25(27,28)29)26(30,31)32/h9-17H,8H2,1-7H3. The maximum atomic E-state index is 18.4. The molecule has 0 amide bonds. The molecule has 2 aromatic rings. The summed E-state index contributed by atoms with van der Waals surface area (Å²) < 4.78 is 111. The summed E-state index contributed by atoms with van der Waals surface area (Å²) in [6, 6.07) is 7.51. The van der Waals surface area contributed by atoms with E-state index in [1.165, 1.54) is 13.0 Å². The summed E-state index contributed by atoms with van der Waals surface area (Å²) >= 11 is 0.438. The fourth-order valence-corrected chi connectivity index (χ4v) is 13.2. The van der Waals surface area contributed by atoms with Gasteiger partial charge in [-0.1, -0.05) is 0 Å². The van der Waals surface area contributed by atoms with Gasteiger partial charge in [-0.15, -0.1) is 0 Å². The fraction of sp³-hybridized carbons (Fsp3) is 0.538. The summed E-state index contributed by atoms with van der Waals surface area (Å²) in [6.45, 7) is 12.4. The van der Waals surface area contributed by atoms with Crippen LogP contribution < -0.4 is 10.6 Å². The van der Waals surface area contributed by atoms with E-state index in [0.29, 0.717) is 28.6 Å². The number of halogens is 7. The molecule has 1 aliphatic heterocycles. The van der Waals surface area contributed by atoms with Crippen LogP contribution in [0.25, 0.3) is 0 Å². The van der Waals surface area contributed by atoms with Crippen LogP contribution in [0.1, 0.15) is 88.5 Å². The molecule has 0 aromatic heterocycles. The van der Waals surface area contributed by atoms with Crippen LogP contribution in [0.4, 0.5) is 30.5 Å². The topological polar surface area (TPSA) is 9.23 Å². The van der Waals surface area contributed by atoms with Crippen molar-refractivity contribution < 1.29 is 35.1 Å². The van der Waals surface area contributed by atoms with Crippen molar-refractivity contribution >= 4 is 28.3 Å². The van der Waals surface area contributed by atoms with Gasteiger partial charge in [0.05, 0.1) is 0 Å². The van der Waals surface area contributed by atoms with Crippen LogP contribution in [0.15, 0.2) is 36.4 Å². The molecule has 10 heteroatoms. The van der Waals surface area contributed by atoms with E-state index in [9.17, 15) is 26.3 Å². The first-order valence-corrected chi connectivity index (χ1v) is 15.5. The van der Waals surface area contributed by atoms with E-state index in [1.54, 1.807) is 39.8 Å². The third-order valence-corrected chi connectivity index (χ3v) is 13.9. The first-order valence-electron chi connectivity index (χ1n) is 11.9. The van der Waals surface area contributed by atoms with Crippen LogP contribution in [-0.4, -0.2) is 18.1 Å². The third-order valence-electron chi connectivity index (χ3n) is 6.63. The van der Waals surface area contributed by atoms with E-state index in [-0.39, 0.29) is 28.8 Å². The van der Waals surface area contributed by atoms with Crippen LogP contribution in [-0.2, 0) is 10.1 Å². The SMILES string of the molecule is CCSP1(F)(c2c(C(C)C)cc(C(C)C)cc2C(C)C)OC(C(F)(F)F)(C(F)(F)F)c2ccccc21. The Balaban J connectivity index is 2.65. The van der Waals surface area contributed by atoms with Crippen molar-refractivity contribution in [1.82, 2.24) is 0 Å². The van der Waals surface area contributed by atoms with Gasteiger partial charge in [-0.3, -0.25) is 0 Å². The van der Waals surface area contributed by atoms with Gasteiger partial charge in [0.1, 0.15) is 0 Å². The fourth-order valence-electron chi connectivity index (χ4n) is 4.93. The first-order chi connectivity index (χ1) is 16.4. The quantitative estimate of drug-likeness (QED) is 0.259. The number of hydrogen-bond donors (Lipinski definition) is 0. The van der Waals surface area contributed by atoms with E-state index < -0.39 is 35.2 Å². The molecule has 0 radical (unpaired) electrons. The predicted molar refractivity (Wildman–Crippen MR) is 135 cm³/mol. The number of rotatable bonds is 6. The minimum atomic E-state index is -6.11. The van der Waals surface area contributed by atoms with E-state index in [1.807, 2.05) is 13.8 Å². The van der Waals surface area contributed by atoms with Crippen molar-refractivity contribution in [2.24, 2.45) is 0 Å². The van der Waals surface area contributed by atoms with Crippen LogP contribution >= 0.6 is 17.7 Å². The number of fused-ring (bicyclic) bond motifs is 1. The molecule has 1 nitrogen and oxygen atoms in total. The van der Waals surface area contributed by atoms with E-state index >= 15 is 4.20 Å². The molecule has 3 rings (SSSR count). The first kappa shape index (κ1) is 29.2. The van der Waals surface area contributed by atoms with Crippen molar-refractivity contribution in [1.29, 1.82) is 0 Å². The molecule has 0 unspecified atom stereocenters. The van der Waals surface area contributed by atoms with Crippen molar-refractivity contribution in [3.8, 4) is 0 Å². The van der Waals surface area contributed by atoms with Crippen LogP contribution in [0.2, 0.25) is 0 Å². The third kappa shape index (κ3) is 4.08. The van der Waals surface area contributed by atoms with Gasteiger partial charge in [0.2, 0.25) is 0 Å². The Kier molecular flexibility index (Phi) is 7.44. The Labute approximate surface area is 212 Å². The summed E-state index contributed by atoms with van der Waals surface area (Å²) in [5.74, 6) is -0.840. The molecule has 0 fully saturated rings. The molecule has 1 aliphatic rings. The van der Waals surface area contributed by atoms with Gasteiger partial charge in [0.25, 0.3) is 0 Å². The van der Waals surface area contributed by atoms with E-state index in [4.69, 9.17) is 4.52 Å². The second-order valence-electron chi connectivity index (χ2n) is 10.1. The van der Waals surface area contributed by atoms with Gasteiger partial charge >= 0.3 is 212 Å². The Morgan fingerprint density at radius 2 is 1.31 bits per heavy atom. The molecule has 202 valence electrons. The molecule has 0 saturated heterocycles. The van der Waals surface area contributed by atoms with Gasteiger partial charge in [-0.25, -0.2) is 0 Å². The Bertz CT molecular complexity index is 1100. The average Bonchev–Trinajstić information content (AvgIpc) is 3.01. The van der Waals surface area contributed by atoms with Crippen LogP contribution in [0.5, 0.6) is 0 Å². The second-order valence-corrected chi connectivity index (χ2v) is 16.5. The molecule has 0 N–H and O–H groups in total. The summed E-state index contributed by atoms with van der Waals surface area (Å²) in [5.41, 5.74) is -4.42. The zero-order valence-electron chi connectivity index (χ0n) is 21.3. The van der Waals surface area contributed by atoms with Gasteiger partial charge in [-0.05, 0) is 0 Å². The van der Waals surface area contributed by atoms with Crippen molar-refractivity contribution in [2.45, 2.75) is 84.2 Å². The minimum absolute atomic E-state index is 0.0151. The second kappa shape index (κ2) is 9.16. The molecule has 0 aliphatic carbocycles. The molecule has 2 aromatic carbocycles. The summed E-state index contributed by atoms with van der Waals surface area (Å²) in [5, 5.41) is -0.795. The van der Waals surface area contributed by atoms with Gasteiger partial charge < -0.3 is 0 Å². The van der Waals surface area contributed by atoms with Gasteiger partial charge in [0, 0.05) is 0 Å². The predicted octanol–water partition coefficient (Wildman–Crippen LogP) is 9.38. The number of alkyl halides is 6. The molecule has 36 heavy (non-hydrogen) atoms. The van der Waals surface area contributed by atoms with Gasteiger partial charge in [0.15, 0.2) is 0 Å². The summed E-state index contributed by atoms with van der Waals surface area (Å²) in [7, 11) is 0. The zero-order valence-corrected chi connectivity index (χ0v) is 23.0.